The molecule has 5 nitrogen and oxygen atoms in total. The second kappa shape index (κ2) is 7.24. The van der Waals surface area contributed by atoms with Crippen LogP contribution in [0.1, 0.15) is 11.1 Å². The molecule has 0 bridgehead atoms. The summed E-state index contributed by atoms with van der Waals surface area (Å²) in [4.78, 5) is 4.39. The average molecular weight is 421 g/mol. The molecule has 3 aromatic rings. The molecule has 8 heteroatoms. The van der Waals surface area contributed by atoms with Gasteiger partial charge < -0.3 is 4.74 Å². The second-order valence-electron chi connectivity index (χ2n) is 6.38. The van der Waals surface area contributed by atoms with Gasteiger partial charge in [-0.25, -0.2) is 13.4 Å². The Morgan fingerprint density at radius 2 is 1.96 bits per heavy atom. The van der Waals surface area contributed by atoms with E-state index >= 15 is 0 Å². The lowest BCUT2D eigenvalue weighted by atomic mass is 10.2. The maximum Gasteiger partial charge on any atom is 0.274 e. The van der Waals surface area contributed by atoms with Crippen LogP contribution in [0.25, 0.3) is 16.3 Å². The first-order valence-corrected chi connectivity index (χ1v) is 11.1. The van der Waals surface area contributed by atoms with Crippen LogP contribution in [0.15, 0.2) is 47.9 Å². The molecule has 0 aliphatic carbocycles. The molecule has 0 radical (unpaired) electrons. The molecule has 0 spiro atoms. The Bertz CT molecular complexity index is 1100. The summed E-state index contributed by atoms with van der Waals surface area (Å²) in [5.41, 5.74) is 2.70. The normalized spacial score (nSPS) is 16.1. The van der Waals surface area contributed by atoms with E-state index in [-0.39, 0.29) is 6.10 Å². The van der Waals surface area contributed by atoms with Crippen LogP contribution in [0.5, 0.6) is 5.19 Å². The van der Waals surface area contributed by atoms with Gasteiger partial charge in [0.2, 0.25) is 10.0 Å². The number of nitrogens with zero attached hydrogens (tertiary/aromatic N) is 2. The molecule has 0 atom stereocenters. The molecule has 0 N–H and O–H groups in total. The fourth-order valence-corrected chi connectivity index (χ4v) is 5.13. The van der Waals surface area contributed by atoms with E-state index in [1.165, 1.54) is 21.1 Å². The zero-order valence-corrected chi connectivity index (χ0v) is 16.9. The molecule has 27 heavy (non-hydrogen) atoms. The van der Waals surface area contributed by atoms with E-state index in [9.17, 15) is 8.42 Å². The maximum atomic E-state index is 12.4. The molecule has 1 aromatic heterocycles. The molecule has 0 amide bonds. The van der Waals surface area contributed by atoms with Crippen LogP contribution in [0.4, 0.5) is 0 Å². The largest absolute Gasteiger partial charge is 0.464 e. The molecular formula is C19H17ClN2O3S2. The van der Waals surface area contributed by atoms with Crippen molar-refractivity contribution in [3.63, 3.8) is 0 Å². The minimum absolute atomic E-state index is 0.202. The smallest absolute Gasteiger partial charge is 0.274 e. The number of sulfonamides is 1. The number of aromatic nitrogens is 1. The minimum Gasteiger partial charge on any atom is -0.464 e. The summed E-state index contributed by atoms with van der Waals surface area (Å²) in [6.45, 7) is 2.61. The highest BCUT2D eigenvalue weighted by Crippen LogP contribution is 2.33. The van der Waals surface area contributed by atoms with E-state index in [1.807, 2.05) is 43.3 Å². The molecule has 4 rings (SSSR count). The molecule has 2 heterocycles. The van der Waals surface area contributed by atoms with Crippen molar-refractivity contribution >= 4 is 49.3 Å². The number of para-hydroxylation sites is 1. The lowest BCUT2D eigenvalue weighted by Crippen LogP contribution is -2.55. The Labute approximate surface area is 166 Å². The highest BCUT2D eigenvalue weighted by molar-refractivity contribution is 7.92. The first-order valence-electron chi connectivity index (χ1n) is 8.37. The van der Waals surface area contributed by atoms with Crippen LogP contribution in [0.2, 0.25) is 5.02 Å². The number of rotatable bonds is 5. The Hall–Kier alpha value is -1.93. The summed E-state index contributed by atoms with van der Waals surface area (Å²) < 4.78 is 32.9. The zero-order chi connectivity index (χ0) is 19.0. The van der Waals surface area contributed by atoms with Crippen molar-refractivity contribution < 1.29 is 13.2 Å². The quantitative estimate of drug-likeness (QED) is 0.616. The van der Waals surface area contributed by atoms with Crippen molar-refractivity contribution in [1.82, 2.24) is 9.29 Å². The van der Waals surface area contributed by atoms with Crippen LogP contribution in [0.3, 0.4) is 0 Å². The number of benzene rings is 2. The van der Waals surface area contributed by atoms with Gasteiger partial charge in [-0.3, -0.25) is 0 Å². The van der Waals surface area contributed by atoms with Crippen molar-refractivity contribution in [2.24, 2.45) is 0 Å². The van der Waals surface area contributed by atoms with Crippen molar-refractivity contribution in [2.45, 2.75) is 13.0 Å². The van der Waals surface area contributed by atoms with Gasteiger partial charge in [-0.15, -0.1) is 0 Å². The summed E-state index contributed by atoms with van der Waals surface area (Å²) >= 11 is 7.53. The van der Waals surface area contributed by atoms with Crippen molar-refractivity contribution in [3.8, 4) is 5.19 Å². The van der Waals surface area contributed by atoms with Crippen molar-refractivity contribution in [3.05, 3.63) is 64.0 Å². The molecule has 0 saturated carbocycles. The first-order chi connectivity index (χ1) is 12.9. The molecule has 2 aromatic carbocycles. The predicted molar refractivity (Wildman–Crippen MR) is 110 cm³/mol. The van der Waals surface area contributed by atoms with E-state index in [0.717, 1.165) is 15.8 Å². The SMILES string of the molecule is Cc1ccc(/C=C/S(=O)(=O)N2CC(Oc3nc4c(Cl)cccc4s3)C2)cc1. The van der Waals surface area contributed by atoms with Gasteiger partial charge in [-0.1, -0.05) is 58.8 Å². The fourth-order valence-electron chi connectivity index (χ4n) is 2.70. The standard InChI is InChI=1S/C19H17ClN2O3S2/c1-13-5-7-14(8-6-13)9-10-27(23,24)22-11-15(12-22)25-19-21-18-16(20)3-2-4-17(18)26-19/h2-10,15H,11-12H2,1H3/b10-9+. The zero-order valence-electron chi connectivity index (χ0n) is 14.5. The number of halogens is 1. The van der Waals surface area contributed by atoms with Crippen LogP contribution < -0.4 is 4.74 Å². The molecule has 1 aliphatic rings. The molecule has 140 valence electrons. The van der Waals surface area contributed by atoms with E-state index in [0.29, 0.717) is 28.8 Å². The summed E-state index contributed by atoms with van der Waals surface area (Å²) in [5.74, 6) is 0. The van der Waals surface area contributed by atoms with Gasteiger partial charge in [-0.05, 0) is 30.7 Å². The molecule has 1 saturated heterocycles. The Kier molecular flexibility index (Phi) is 4.94. The maximum absolute atomic E-state index is 12.4. The molecular weight excluding hydrogens is 404 g/mol. The van der Waals surface area contributed by atoms with Crippen molar-refractivity contribution in [2.75, 3.05) is 13.1 Å². The van der Waals surface area contributed by atoms with E-state index < -0.39 is 10.0 Å². The van der Waals surface area contributed by atoms with Gasteiger partial charge in [0, 0.05) is 5.41 Å². The van der Waals surface area contributed by atoms with Gasteiger partial charge in [-0.2, -0.15) is 4.31 Å². The summed E-state index contributed by atoms with van der Waals surface area (Å²) in [6.07, 6.45) is 1.41. The lowest BCUT2D eigenvalue weighted by molar-refractivity contribution is 0.0771. The summed E-state index contributed by atoms with van der Waals surface area (Å²) in [7, 11) is -3.45. The van der Waals surface area contributed by atoms with Gasteiger partial charge in [0.15, 0.2) is 0 Å². The Morgan fingerprint density at radius 1 is 1.22 bits per heavy atom. The number of hydrogen-bond acceptors (Lipinski definition) is 5. The highest BCUT2D eigenvalue weighted by Gasteiger charge is 2.36. The third-order valence-electron chi connectivity index (χ3n) is 4.30. The topological polar surface area (TPSA) is 59.5 Å². The Morgan fingerprint density at radius 3 is 2.67 bits per heavy atom. The van der Waals surface area contributed by atoms with Gasteiger partial charge >= 0.3 is 0 Å². The minimum atomic E-state index is -3.45. The lowest BCUT2D eigenvalue weighted by Gasteiger charge is -2.36. The molecule has 0 unspecified atom stereocenters. The van der Waals surface area contributed by atoms with Gasteiger partial charge in [0.05, 0.1) is 22.8 Å². The van der Waals surface area contributed by atoms with E-state index in [1.54, 1.807) is 12.1 Å². The third kappa shape index (κ3) is 4.01. The fraction of sp³-hybridized carbons (Fsp3) is 0.211. The predicted octanol–water partition coefficient (Wildman–Crippen LogP) is 4.32. The van der Waals surface area contributed by atoms with Crippen LogP contribution in [0, 0.1) is 6.92 Å². The molecule has 1 fully saturated rings. The van der Waals surface area contributed by atoms with Crippen LogP contribution >= 0.6 is 22.9 Å². The summed E-state index contributed by atoms with van der Waals surface area (Å²) in [6, 6.07) is 13.3. The highest BCUT2D eigenvalue weighted by atomic mass is 35.5. The number of hydrogen-bond donors (Lipinski definition) is 0. The Balaban J connectivity index is 1.37. The monoisotopic (exact) mass is 420 g/mol. The number of ether oxygens (including phenoxy) is 1. The van der Waals surface area contributed by atoms with Crippen LogP contribution in [-0.2, 0) is 10.0 Å². The van der Waals surface area contributed by atoms with Gasteiger partial charge in [0.25, 0.3) is 5.19 Å². The number of fused-ring (bicyclic) bond motifs is 1. The summed E-state index contributed by atoms with van der Waals surface area (Å²) in [5, 5.41) is 2.33. The first kappa shape index (κ1) is 18.4. The van der Waals surface area contributed by atoms with Crippen LogP contribution in [-0.4, -0.2) is 36.9 Å². The number of aryl methyl sites for hydroxylation is 1. The average Bonchev–Trinajstić information content (AvgIpc) is 3.01. The van der Waals surface area contributed by atoms with Gasteiger partial charge in [0.1, 0.15) is 11.6 Å². The van der Waals surface area contributed by atoms with Crippen molar-refractivity contribution in [1.29, 1.82) is 0 Å². The third-order valence-corrected chi connectivity index (χ3v) is 7.02. The number of thiazole rings is 1. The molecule has 1 aliphatic heterocycles. The second-order valence-corrected chi connectivity index (χ2v) is 9.60. The van der Waals surface area contributed by atoms with E-state index in [4.69, 9.17) is 16.3 Å². The van der Waals surface area contributed by atoms with E-state index in [2.05, 4.69) is 4.98 Å².